The smallest absolute Gasteiger partial charge is 0.263 e. The van der Waals surface area contributed by atoms with Gasteiger partial charge in [-0.1, -0.05) is 0 Å². The molecule has 3 aromatic heterocycles. The largest absolute Gasteiger partial charge is 0.347 e. The van der Waals surface area contributed by atoms with Gasteiger partial charge in [0.1, 0.15) is 9.88 Å². The lowest BCUT2D eigenvalue weighted by Gasteiger charge is -2.03. The van der Waals surface area contributed by atoms with Crippen molar-refractivity contribution in [1.29, 1.82) is 0 Å². The third-order valence-electron chi connectivity index (χ3n) is 3.13. The standard InChI is InChI=1S/C16H14N4OS/c1-11-14(15(21)19-10-12-2-6-17-7-3-12)22-16(20-11)13-4-8-18-9-5-13/h2-9H,10H2,1H3,(H,19,21). The van der Waals surface area contributed by atoms with Crippen LogP contribution < -0.4 is 5.32 Å². The molecular weight excluding hydrogens is 296 g/mol. The summed E-state index contributed by atoms with van der Waals surface area (Å²) in [6, 6.07) is 7.53. The predicted molar refractivity (Wildman–Crippen MR) is 85.5 cm³/mol. The van der Waals surface area contributed by atoms with Crippen LogP contribution in [0.5, 0.6) is 0 Å². The Bertz CT molecular complexity index is 771. The van der Waals surface area contributed by atoms with Crippen LogP contribution in [0.25, 0.3) is 10.6 Å². The Kier molecular flexibility index (Phi) is 4.20. The lowest BCUT2D eigenvalue weighted by atomic mass is 10.2. The van der Waals surface area contributed by atoms with E-state index >= 15 is 0 Å². The van der Waals surface area contributed by atoms with Gasteiger partial charge in [0.15, 0.2) is 0 Å². The first kappa shape index (κ1) is 14.3. The summed E-state index contributed by atoms with van der Waals surface area (Å²) in [5.41, 5.74) is 2.72. The van der Waals surface area contributed by atoms with Crippen LogP contribution >= 0.6 is 11.3 Å². The maximum Gasteiger partial charge on any atom is 0.263 e. The molecule has 0 aliphatic carbocycles. The van der Waals surface area contributed by atoms with Crippen LogP contribution in [0.3, 0.4) is 0 Å². The number of rotatable bonds is 4. The minimum atomic E-state index is -0.105. The average molecular weight is 310 g/mol. The Hall–Kier alpha value is -2.60. The van der Waals surface area contributed by atoms with Gasteiger partial charge in [0.05, 0.1) is 5.69 Å². The number of carbonyl (C=O) groups excluding carboxylic acids is 1. The topological polar surface area (TPSA) is 67.8 Å². The molecule has 1 amide bonds. The van der Waals surface area contributed by atoms with Crippen molar-refractivity contribution >= 4 is 17.2 Å². The number of aromatic nitrogens is 3. The highest BCUT2D eigenvalue weighted by Crippen LogP contribution is 2.27. The molecule has 3 aromatic rings. The van der Waals surface area contributed by atoms with Gasteiger partial charge in [-0.05, 0) is 36.8 Å². The number of hydrogen-bond acceptors (Lipinski definition) is 5. The van der Waals surface area contributed by atoms with Crippen LogP contribution in [-0.4, -0.2) is 20.9 Å². The summed E-state index contributed by atoms with van der Waals surface area (Å²) in [5, 5.41) is 3.74. The molecule has 0 atom stereocenters. The number of pyridine rings is 2. The molecule has 0 bridgehead atoms. The Morgan fingerprint density at radius 2 is 1.73 bits per heavy atom. The highest BCUT2D eigenvalue weighted by Gasteiger charge is 2.15. The van der Waals surface area contributed by atoms with E-state index in [1.165, 1.54) is 11.3 Å². The van der Waals surface area contributed by atoms with E-state index in [1.807, 2.05) is 31.2 Å². The molecule has 0 saturated carbocycles. The minimum absolute atomic E-state index is 0.105. The lowest BCUT2D eigenvalue weighted by Crippen LogP contribution is -2.22. The number of nitrogens with zero attached hydrogens (tertiary/aromatic N) is 3. The minimum Gasteiger partial charge on any atom is -0.347 e. The average Bonchev–Trinajstić information content (AvgIpc) is 2.96. The molecule has 5 nitrogen and oxygen atoms in total. The first-order chi connectivity index (χ1) is 10.7. The Morgan fingerprint density at radius 1 is 1.09 bits per heavy atom. The summed E-state index contributed by atoms with van der Waals surface area (Å²) < 4.78 is 0. The molecule has 0 fully saturated rings. The van der Waals surface area contributed by atoms with Crippen molar-refractivity contribution < 1.29 is 4.79 Å². The molecule has 0 saturated heterocycles. The van der Waals surface area contributed by atoms with Gasteiger partial charge >= 0.3 is 0 Å². The SMILES string of the molecule is Cc1nc(-c2ccncc2)sc1C(=O)NCc1ccncc1. The van der Waals surface area contributed by atoms with Crippen molar-refractivity contribution in [2.75, 3.05) is 0 Å². The number of aryl methyl sites for hydroxylation is 1. The summed E-state index contributed by atoms with van der Waals surface area (Å²) in [6.07, 6.45) is 6.85. The zero-order valence-electron chi connectivity index (χ0n) is 12.0. The number of amides is 1. The second-order valence-electron chi connectivity index (χ2n) is 4.71. The van der Waals surface area contributed by atoms with Gasteiger partial charge < -0.3 is 5.32 Å². The van der Waals surface area contributed by atoms with E-state index in [2.05, 4.69) is 20.3 Å². The molecule has 6 heteroatoms. The molecule has 22 heavy (non-hydrogen) atoms. The van der Waals surface area contributed by atoms with Gasteiger partial charge in [-0.15, -0.1) is 11.3 Å². The Labute approximate surface area is 132 Å². The summed E-state index contributed by atoms with van der Waals surface area (Å²) in [4.78, 5) is 25.4. The molecule has 3 rings (SSSR count). The molecule has 110 valence electrons. The monoisotopic (exact) mass is 310 g/mol. The van der Waals surface area contributed by atoms with E-state index in [4.69, 9.17) is 0 Å². The quantitative estimate of drug-likeness (QED) is 0.804. The zero-order chi connectivity index (χ0) is 15.4. The summed E-state index contributed by atoms with van der Waals surface area (Å²) in [5.74, 6) is -0.105. The molecule has 0 spiro atoms. The highest BCUT2D eigenvalue weighted by molar-refractivity contribution is 7.17. The number of nitrogens with one attached hydrogen (secondary N) is 1. The number of carbonyl (C=O) groups is 1. The normalized spacial score (nSPS) is 10.4. The van der Waals surface area contributed by atoms with Crippen LogP contribution in [0, 0.1) is 6.92 Å². The van der Waals surface area contributed by atoms with E-state index in [9.17, 15) is 4.79 Å². The predicted octanol–water partition coefficient (Wildman–Crippen LogP) is 2.84. The Balaban J connectivity index is 1.74. The first-order valence-corrected chi connectivity index (χ1v) is 7.60. The highest BCUT2D eigenvalue weighted by atomic mass is 32.1. The molecular formula is C16H14N4OS. The fourth-order valence-corrected chi connectivity index (χ4v) is 2.98. The van der Waals surface area contributed by atoms with Crippen molar-refractivity contribution in [1.82, 2.24) is 20.3 Å². The summed E-state index contributed by atoms with van der Waals surface area (Å²) in [7, 11) is 0. The number of hydrogen-bond donors (Lipinski definition) is 1. The van der Waals surface area contributed by atoms with Gasteiger partial charge in [-0.3, -0.25) is 14.8 Å². The third kappa shape index (κ3) is 3.17. The third-order valence-corrected chi connectivity index (χ3v) is 4.34. The van der Waals surface area contributed by atoms with E-state index in [0.29, 0.717) is 11.4 Å². The van der Waals surface area contributed by atoms with Crippen molar-refractivity contribution in [3.05, 3.63) is 65.2 Å². The van der Waals surface area contributed by atoms with Gasteiger partial charge in [0.25, 0.3) is 5.91 Å². The summed E-state index contributed by atoms with van der Waals surface area (Å²) >= 11 is 1.39. The molecule has 3 heterocycles. The molecule has 0 aliphatic heterocycles. The van der Waals surface area contributed by atoms with E-state index < -0.39 is 0 Å². The molecule has 0 aliphatic rings. The van der Waals surface area contributed by atoms with Gasteiger partial charge in [0.2, 0.25) is 0 Å². The van der Waals surface area contributed by atoms with Crippen molar-refractivity contribution in [3.63, 3.8) is 0 Å². The van der Waals surface area contributed by atoms with Crippen LogP contribution in [0.4, 0.5) is 0 Å². The van der Waals surface area contributed by atoms with Crippen LogP contribution in [0.2, 0.25) is 0 Å². The number of thiazole rings is 1. The van der Waals surface area contributed by atoms with Crippen LogP contribution in [0.1, 0.15) is 20.9 Å². The molecule has 0 radical (unpaired) electrons. The van der Waals surface area contributed by atoms with Gasteiger partial charge in [-0.25, -0.2) is 4.98 Å². The second kappa shape index (κ2) is 6.44. The first-order valence-electron chi connectivity index (χ1n) is 6.79. The molecule has 0 aromatic carbocycles. The van der Waals surface area contributed by atoms with Crippen molar-refractivity contribution in [2.24, 2.45) is 0 Å². The second-order valence-corrected chi connectivity index (χ2v) is 5.71. The van der Waals surface area contributed by atoms with Crippen molar-refractivity contribution in [2.45, 2.75) is 13.5 Å². The maximum atomic E-state index is 12.3. The van der Waals surface area contributed by atoms with Crippen molar-refractivity contribution in [3.8, 4) is 10.6 Å². The molecule has 0 unspecified atom stereocenters. The molecule has 1 N–H and O–H groups in total. The summed E-state index contributed by atoms with van der Waals surface area (Å²) in [6.45, 7) is 2.33. The van der Waals surface area contributed by atoms with E-state index in [0.717, 1.165) is 21.8 Å². The van der Waals surface area contributed by atoms with Gasteiger partial charge in [0, 0.05) is 36.9 Å². The lowest BCUT2D eigenvalue weighted by molar-refractivity contribution is 0.0954. The maximum absolute atomic E-state index is 12.3. The van der Waals surface area contributed by atoms with Crippen LogP contribution in [-0.2, 0) is 6.54 Å². The van der Waals surface area contributed by atoms with Crippen LogP contribution in [0.15, 0.2) is 49.1 Å². The fourth-order valence-electron chi connectivity index (χ4n) is 1.99. The zero-order valence-corrected chi connectivity index (χ0v) is 12.8. The van der Waals surface area contributed by atoms with E-state index in [1.54, 1.807) is 24.8 Å². The van der Waals surface area contributed by atoms with Gasteiger partial charge in [-0.2, -0.15) is 0 Å². The van der Waals surface area contributed by atoms with E-state index in [-0.39, 0.29) is 5.91 Å². The Morgan fingerprint density at radius 3 is 2.41 bits per heavy atom. The fraction of sp³-hybridized carbons (Fsp3) is 0.125.